The largest absolute Gasteiger partial charge is 0.496 e. The summed E-state index contributed by atoms with van der Waals surface area (Å²) < 4.78 is 5.39. The van der Waals surface area contributed by atoms with Crippen LogP contribution in [0.3, 0.4) is 0 Å². The average molecular weight is 260 g/mol. The third-order valence-electron chi connectivity index (χ3n) is 3.21. The Morgan fingerprint density at radius 2 is 2.00 bits per heavy atom. The van der Waals surface area contributed by atoms with E-state index in [1.807, 2.05) is 33.0 Å². The summed E-state index contributed by atoms with van der Waals surface area (Å²) in [5.41, 5.74) is 1.96. The molecule has 0 aliphatic heterocycles. The third-order valence-corrected chi connectivity index (χ3v) is 3.21. The Bertz CT molecular complexity index is 472. The van der Waals surface area contributed by atoms with Crippen LogP contribution < -0.4 is 9.64 Å². The van der Waals surface area contributed by atoms with E-state index in [0.717, 1.165) is 11.4 Å². The molecule has 0 saturated carbocycles. The van der Waals surface area contributed by atoms with Crippen LogP contribution in [-0.2, 0) is 0 Å². The lowest BCUT2D eigenvalue weighted by atomic mass is 9.94. The highest BCUT2D eigenvalue weighted by molar-refractivity contribution is 5.54. The number of benzene rings is 1. The normalized spacial score (nSPS) is 11.3. The van der Waals surface area contributed by atoms with Crippen molar-refractivity contribution < 1.29 is 4.74 Å². The maximum atomic E-state index is 9.12. The number of methoxy groups -OCH3 is 1. The van der Waals surface area contributed by atoms with E-state index >= 15 is 0 Å². The Labute approximate surface area is 116 Å². The van der Waals surface area contributed by atoms with E-state index in [1.165, 1.54) is 5.56 Å². The van der Waals surface area contributed by atoms with Crippen LogP contribution in [0.1, 0.15) is 39.2 Å². The summed E-state index contributed by atoms with van der Waals surface area (Å²) in [5.74, 6) is 1.33. The van der Waals surface area contributed by atoms with Crippen LogP contribution in [0.4, 0.5) is 5.69 Å². The minimum absolute atomic E-state index is 0.354. The fraction of sp³-hybridized carbons (Fsp3) is 0.562. The summed E-state index contributed by atoms with van der Waals surface area (Å²) in [7, 11) is 3.72. The van der Waals surface area contributed by atoms with Gasteiger partial charge in [-0.15, -0.1) is 0 Å². The quantitative estimate of drug-likeness (QED) is 0.807. The molecule has 0 radical (unpaired) electrons. The molecule has 0 fully saturated rings. The van der Waals surface area contributed by atoms with E-state index in [0.29, 0.717) is 12.5 Å². The first-order chi connectivity index (χ1) is 8.80. The molecular weight excluding hydrogens is 236 g/mol. The molecule has 19 heavy (non-hydrogen) atoms. The van der Waals surface area contributed by atoms with Crippen LogP contribution in [0.25, 0.3) is 0 Å². The van der Waals surface area contributed by atoms with Crippen molar-refractivity contribution in [1.82, 2.24) is 0 Å². The molecule has 0 aromatic heterocycles. The number of nitriles is 1. The molecule has 0 spiro atoms. The molecule has 0 atom stereocenters. The van der Waals surface area contributed by atoms with Gasteiger partial charge in [-0.05, 0) is 43.5 Å². The van der Waals surface area contributed by atoms with Crippen LogP contribution in [0.5, 0.6) is 5.75 Å². The highest BCUT2D eigenvalue weighted by Crippen LogP contribution is 2.31. The topological polar surface area (TPSA) is 36.3 Å². The van der Waals surface area contributed by atoms with Crippen LogP contribution in [0, 0.1) is 16.7 Å². The molecule has 3 heteroatoms. The summed E-state index contributed by atoms with van der Waals surface area (Å²) in [6.07, 6.45) is 0. The van der Waals surface area contributed by atoms with E-state index in [2.05, 4.69) is 30.9 Å². The highest BCUT2D eigenvalue weighted by atomic mass is 16.5. The van der Waals surface area contributed by atoms with Gasteiger partial charge in [0.15, 0.2) is 0 Å². The van der Waals surface area contributed by atoms with Crippen molar-refractivity contribution >= 4 is 5.69 Å². The molecule has 0 unspecified atom stereocenters. The molecule has 3 nitrogen and oxygen atoms in total. The van der Waals surface area contributed by atoms with E-state index in [-0.39, 0.29) is 5.41 Å². The van der Waals surface area contributed by atoms with Crippen molar-refractivity contribution in [3.63, 3.8) is 0 Å². The monoisotopic (exact) mass is 260 g/mol. The predicted molar refractivity (Wildman–Crippen MR) is 79.7 cm³/mol. The lowest BCUT2D eigenvalue weighted by Gasteiger charge is -2.27. The van der Waals surface area contributed by atoms with Crippen molar-refractivity contribution in [2.45, 2.75) is 33.6 Å². The van der Waals surface area contributed by atoms with Crippen molar-refractivity contribution in [3.8, 4) is 11.8 Å². The van der Waals surface area contributed by atoms with Gasteiger partial charge in [0.05, 0.1) is 18.6 Å². The number of anilines is 1. The second-order valence-electron chi connectivity index (χ2n) is 5.93. The standard InChI is InChI=1S/C16H24N2O/c1-12(2)14-9-13(7-8-15(14)19-6)18(5)11-16(3,4)10-17/h7-9,12H,11H2,1-6H3. The highest BCUT2D eigenvalue weighted by Gasteiger charge is 2.20. The van der Waals surface area contributed by atoms with Crippen LogP contribution >= 0.6 is 0 Å². The number of hydrogen-bond acceptors (Lipinski definition) is 3. The second kappa shape index (κ2) is 5.97. The summed E-state index contributed by atoms with van der Waals surface area (Å²) in [6.45, 7) is 8.92. The molecule has 0 amide bonds. The first-order valence-corrected chi connectivity index (χ1v) is 6.61. The summed E-state index contributed by atoms with van der Waals surface area (Å²) in [6, 6.07) is 8.53. The summed E-state index contributed by atoms with van der Waals surface area (Å²) >= 11 is 0. The van der Waals surface area contributed by atoms with Gasteiger partial charge in [0, 0.05) is 19.3 Å². The first kappa shape index (κ1) is 15.4. The Kier molecular flexibility index (Phi) is 4.83. The van der Waals surface area contributed by atoms with E-state index < -0.39 is 0 Å². The van der Waals surface area contributed by atoms with Crippen molar-refractivity contribution in [2.75, 3.05) is 25.6 Å². The Balaban J connectivity index is 3.02. The van der Waals surface area contributed by atoms with Crippen molar-refractivity contribution in [1.29, 1.82) is 5.26 Å². The fourth-order valence-electron chi connectivity index (χ4n) is 2.13. The van der Waals surface area contributed by atoms with E-state index in [1.54, 1.807) is 7.11 Å². The molecule has 104 valence electrons. The van der Waals surface area contributed by atoms with Gasteiger partial charge < -0.3 is 9.64 Å². The van der Waals surface area contributed by atoms with Crippen LogP contribution in [0.15, 0.2) is 18.2 Å². The molecule has 0 bridgehead atoms. The maximum Gasteiger partial charge on any atom is 0.122 e. The fourth-order valence-corrected chi connectivity index (χ4v) is 2.13. The molecule has 0 saturated heterocycles. The van der Waals surface area contributed by atoms with Gasteiger partial charge in [-0.25, -0.2) is 0 Å². The van der Waals surface area contributed by atoms with Gasteiger partial charge in [0.2, 0.25) is 0 Å². The molecule has 1 aromatic rings. The molecule has 0 aliphatic carbocycles. The molecule has 0 N–H and O–H groups in total. The van der Waals surface area contributed by atoms with E-state index in [4.69, 9.17) is 10.00 Å². The molecule has 0 aliphatic rings. The third kappa shape index (κ3) is 3.89. The van der Waals surface area contributed by atoms with Crippen molar-refractivity contribution in [2.24, 2.45) is 5.41 Å². The van der Waals surface area contributed by atoms with Gasteiger partial charge in [0.25, 0.3) is 0 Å². The lowest BCUT2D eigenvalue weighted by Crippen LogP contribution is -2.30. The maximum absolute atomic E-state index is 9.12. The predicted octanol–water partition coefficient (Wildman–Crippen LogP) is 3.80. The van der Waals surface area contributed by atoms with Crippen LogP contribution in [0.2, 0.25) is 0 Å². The second-order valence-corrected chi connectivity index (χ2v) is 5.93. The van der Waals surface area contributed by atoms with Gasteiger partial charge in [-0.2, -0.15) is 5.26 Å². The summed E-state index contributed by atoms with van der Waals surface area (Å²) in [5, 5.41) is 9.12. The minimum Gasteiger partial charge on any atom is -0.496 e. The first-order valence-electron chi connectivity index (χ1n) is 6.61. The SMILES string of the molecule is COc1ccc(N(C)CC(C)(C)C#N)cc1C(C)C. The number of rotatable bonds is 5. The average Bonchev–Trinajstić information content (AvgIpc) is 2.37. The van der Waals surface area contributed by atoms with E-state index in [9.17, 15) is 0 Å². The van der Waals surface area contributed by atoms with Gasteiger partial charge in [-0.3, -0.25) is 0 Å². The minimum atomic E-state index is -0.354. The number of ether oxygens (including phenoxy) is 1. The van der Waals surface area contributed by atoms with Gasteiger partial charge >= 0.3 is 0 Å². The molecule has 1 aromatic carbocycles. The van der Waals surface area contributed by atoms with Gasteiger partial charge in [-0.1, -0.05) is 13.8 Å². The Morgan fingerprint density at radius 3 is 2.47 bits per heavy atom. The molecule has 0 heterocycles. The Hall–Kier alpha value is -1.69. The number of nitrogens with zero attached hydrogens (tertiary/aromatic N) is 2. The summed E-state index contributed by atoms with van der Waals surface area (Å²) in [4.78, 5) is 2.12. The Morgan fingerprint density at radius 1 is 1.37 bits per heavy atom. The zero-order chi connectivity index (χ0) is 14.6. The zero-order valence-electron chi connectivity index (χ0n) is 12.8. The zero-order valence-corrected chi connectivity index (χ0v) is 12.8. The molecule has 1 rings (SSSR count). The van der Waals surface area contributed by atoms with Crippen molar-refractivity contribution in [3.05, 3.63) is 23.8 Å². The van der Waals surface area contributed by atoms with Gasteiger partial charge in [0.1, 0.15) is 5.75 Å². The van der Waals surface area contributed by atoms with Crippen LogP contribution in [-0.4, -0.2) is 20.7 Å². The smallest absolute Gasteiger partial charge is 0.122 e. The lowest BCUT2D eigenvalue weighted by molar-refractivity contribution is 0.407. The molecular formula is C16H24N2O. The number of hydrogen-bond donors (Lipinski definition) is 0.